The zero-order valence-electron chi connectivity index (χ0n) is 14.6. The molecule has 5 nitrogen and oxygen atoms in total. The third-order valence-electron chi connectivity index (χ3n) is 4.56. The second-order valence-electron chi connectivity index (χ2n) is 6.39. The molecule has 1 aliphatic rings. The van der Waals surface area contributed by atoms with E-state index in [1.165, 1.54) is 0 Å². The Bertz CT molecular complexity index is 925. The van der Waals surface area contributed by atoms with E-state index in [0.717, 1.165) is 5.56 Å². The van der Waals surface area contributed by atoms with Crippen LogP contribution < -0.4 is 9.64 Å². The molecule has 1 unspecified atom stereocenters. The highest BCUT2D eigenvalue weighted by Crippen LogP contribution is 2.32. The average Bonchev–Trinajstić information content (AvgIpc) is 2.97. The van der Waals surface area contributed by atoms with Gasteiger partial charge in [-0.25, -0.2) is 8.42 Å². The van der Waals surface area contributed by atoms with Crippen molar-refractivity contribution in [2.75, 3.05) is 23.5 Å². The quantitative estimate of drug-likeness (QED) is 0.797. The van der Waals surface area contributed by atoms with Crippen LogP contribution in [0.5, 0.6) is 5.75 Å². The number of anilines is 1. The lowest BCUT2D eigenvalue weighted by Gasteiger charge is -2.30. The van der Waals surface area contributed by atoms with E-state index in [-0.39, 0.29) is 17.4 Å². The molecule has 1 heterocycles. The predicted octanol–water partition coefficient (Wildman–Crippen LogP) is 3.49. The molecule has 1 aliphatic heterocycles. The first-order valence-corrected chi connectivity index (χ1v) is 10.4. The van der Waals surface area contributed by atoms with Crippen LogP contribution in [-0.2, 0) is 9.84 Å². The molecule has 138 valence electrons. The van der Waals surface area contributed by atoms with Crippen molar-refractivity contribution >= 4 is 33.0 Å². The molecule has 0 bridgehead atoms. The van der Waals surface area contributed by atoms with Crippen LogP contribution in [0.15, 0.2) is 42.5 Å². The first-order valence-electron chi connectivity index (χ1n) is 8.25. The van der Waals surface area contributed by atoms with Crippen molar-refractivity contribution in [3.63, 3.8) is 0 Å². The zero-order chi connectivity index (χ0) is 18.9. The molecule has 1 amide bonds. The third kappa shape index (κ3) is 3.86. The molecule has 0 saturated carbocycles. The summed E-state index contributed by atoms with van der Waals surface area (Å²) >= 11 is 5.92. The van der Waals surface area contributed by atoms with Crippen LogP contribution in [0.1, 0.15) is 22.3 Å². The maximum atomic E-state index is 13.3. The summed E-state index contributed by atoms with van der Waals surface area (Å²) in [6.45, 7) is 1.89. The second kappa shape index (κ2) is 7.29. The van der Waals surface area contributed by atoms with E-state index in [1.807, 2.05) is 19.1 Å². The number of hydrogen-bond acceptors (Lipinski definition) is 4. The smallest absolute Gasteiger partial charge is 0.258 e. The summed E-state index contributed by atoms with van der Waals surface area (Å²) in [6.07, 6.45) is 0.415. The minimum atomic E-state index is -3.15. The lowest BCUT2D eigenvalue weighted by atomic mass is 10.1. The van der Waals surface area contributed by atoms with Crippen molar-refractivity contribution in [2.45, 2.75) is 19.4 Å². The van der Waals surface area contributed by atoms with Crippen LogP contribution in [0.2, 0.25) is 5.02 Å². The van der Waals surface area contributed by atoms with E-state index < -0.39 is 15.9 Å². The summed E-state index contributed by atoms with van der Waals surface area (Å²) in [7, 11) is -1.59. The van der Waals surface area contributed by atoms with Crippen LogP contribution in [0.25, 0.3) is 0 Å². The maximum absolute atomic E-state index is 13.3. The van der Waals surface area contributed by atoms with Gasteiger partial charge in [0.1, 0.15) is 5.75 Å². The van der Waals surface area contributed by atoms with Gasteiger partial charge in [-0.3, -0.25) is 4.79 Å². The van der Waals surface area contributed by atoms with Crippen molar-refractivity contribution in [1.82, 2.24) is 0 Å². The lowest BCUT2D eigenvalue weighted by Crippen LogP contribution is -2.41. The van der Waals surface area contributed by atoms with E-state index in [1.54, 1.807) is 42.3 Å². The molecule has 1 saturated heterocycles. The van der Waals surface area contributed by atoms with Gasteiger partial charge in [0.05, 0.1) is 30.3 Å². The number of halogens is 1. The molecule has 0 spiro atoms. The molecular weight excluding hydrogens is 374 g/mol. The van der Waals surface area contributed by atoms with Crippen LogP contribution in [0.3, 0.4) is 0 Å². The molecule has 2 aromatic carbocycles. The fourth-order valence-corrected chi connectivity index (χ4v) is 4.98. The van der Waals surface area contributed by atoms with Crippen LogP contribution in [0, 0.1) is 6.92 Å². The molecule has 3 rings (SSSR count). The molecule has 26 heavy (non-hydrogen) atoms. The van der Waals surface area contributed by atoms with Crippen molar-refractivity contribution in [3.05, 3.63) is 58.6 Å². The van der Waals surface area contributed by atoms with Crippen molar-refractivity contribution in [3.8, 4) is 5.75 Å². The number of hydrogen-bond donors (Lipinski definition) is 0. The Morgan fingerprint density at radius 2 is 1.88 bits per heavy atom. The molecule has 2 aromatic rings. The van der Waals surface area contributed by atoms with Gasteiger partial charge < -0.3 is 9.64 Å². The summed E-state index contributed by atoms with van der Waals surface area (Å²) in [5.74, 6) is 0.411. The molecule has 1 atom stereocenters. The summed E-state index contributed by atoms with van der Waals surface area (Å²) in [6, 6.07) is 11.6. The van der Waals surface area contributed by atoms with E-state index in [9.17, 15) is 13.2 Å². The van der Waals surface area contributed by atoms with Gasteiger partial charge in [0.15, 0.2) is 9.84 Å². The fourth-order valence-electron chi connectivity index (χ4n) is 3.16. The minimum absolute atomic E-state index is 0.0387. The number of benzene rings is 2. The zero-order valence-corrected chi connectivity index (χ0v) is 16.2. The van der Waals surface area contributed by atoms with E-state index in [2.05, 4.69) is 0 Å². The Labute approximate surface area is 158 Å². The molecular formula is C19H20ClNO4S. The monoisotopic (exact) mass is 393 g/mol. The van der Waals surface area contributed by atoms with Crippen LogP contribution >= 0.6 is 11.6 Å². The van der Waals surface area contributed by atoms with Crippen molar-refractivity contribution < 1.29 is 17.9 Å². The Morgan fingerprint density at radius 1 is 1.19 bits per heavy atom. The predicted molar refractivity (Wildman–Crippen MR) is 103 cm³/mol. The third-order valence-corrected chi connectivity index (χ3v) is 6.56. The topological polar surface area (TPSA) is 63.7 Å². The number of aryl methyl sites for hydroxylation is 1. The minimum Gasteiger partial charge on any atom is -0.497 e. The highest BCUT2D eigenvalue weighted by atomic mass is 35.5. The van der Waals surface area contributed by atoms with Gasteiger partial charge in [0, 0.05) is 16.7 Å². The summed E-state index contributed by atoms with van der Waals surface area (Å²) in [4.78, 5) is 14.8. The second-order valence-corrected chi connectivity index (χ2v) is 9.06. The number of carbonyl (C=O) groups excluding carboxylic acids is 1. The van der Waals surface area contributed by atoms with Gasteiger partial charge >= 0.3 is 0 Å². The molecule has 0 radical (unpaired) electrons. The Morgan fingerprint density at radius 3 is 2.46 bits per heavy atom. The highest BCUT2D eigenvalue weighted by Gasteiger charge is 2.36. The summed E-state index contributed by atoms with van der Waals surface area (Å²) in [5.41, 5.74) is 1.99. The number of rotatable bonds is 4. The fraction of sp³-hybridized carbons (Fsp3) is 0.316. The van der Waals surface area contributed by atoms with E-state index >= 15 is 0 Å². The summed E-state index contributed by atoms with van der Waals surface area (Å²) < 4.78 is 29.3. The number of sulfone groups is 1. The Balaban J connectivity index is 2.08. The Hall–Kier alpha value is -2.05. The standard InChI is InChI=1S/C19H20ClNO4S/c1-13-3-8-17(25-2)11-18(13)21(16-9-10-26(23,24)12-16)19(22)14-4-6-15(20)7-5-14/h3-8,11,16H,9-10,12H2,1-2H3. The van der Waals surface area contributed by atoms with Gasteiger partial charge in [-0.2, -0.15) is 0 Å². The molecule has 0 aliphatic carbocycles. The number of amides is 1. The number of ether oxygens (including phenoxy) is 1. The van der Waals surface area contributed by atoms with Gasteiger partial charge in [0.2, 0.25) is 0 Å². The van der Waals surface area contributed by atoms with Gasteiger partial charge in [-0.15, -0.1) is 0 Å². The van der Waals surface area contributed by atoms with Gasteiger partial charge in [0.25, 0.3) is 5.91 Å². The SMILES string of the molecule is COc1ccc(C)c(N(C(=O)c2ccc(Cl)cc2)C2CCS(=O)(=O)C2)c1. The normalized spacial score (nSPS) is 18.5. The molecule has 0 N–H and O–H groups in total. The first kappa shape index (κ1) is 18.7. The molecule has 7 heteroatoms. The van der Waals surface area contributed by atoms with E-state index in [0.29, 0.717) is 28.4 Å². The van der Waals surface area contributed by atoms with Crippen LogP contribution in [0.4, 0.5) is 5.69 Å². The molecule has 0 aromatic heterocycles. The van der Waals surface area contributed by atoms with Crippen molar-refractivity contribution in [1.29, 1.82) is 0 Å². The van der Waals surface area contributed by atoms with Gasteiger partial charge in [-0.05, 0) is 49.2 Å². The maximum Gasteiger partial charge on any atom is 0.258 e. The average molecular weight is 394 g/mol. The Kier molecular flexibility index (Phi) is 5.25. The number of methoxy groups -OCH3 is 1. The van der Waals surface area contributed by atoms with Crippen LogP contribution in [-0.4, -0.2) is 39.0 Å². The lowest BCUT2D eigenvalue weighted by molar-refractivity contribution is 0.0979. The van der Waals surface area contributed by atoms with Gasteiger partial charge in [-0.1, -0.05) is 17.7 Å². The summed E-state index contributed by atoms with van der Waals surface area (Å²) in [5, 5.41) is 0.536. The first-order chi connectivity index (χ1) is 12.3. The van der Waals surface area contributed by atoms with E-state index in [4.69, 9.17) is 16.3 Å². The highest BCUT2D eigenvalue weighted by molar-refractivity contribution is 7.91. The number of carbonyl (C=O) groups is 1. The molecule has 1 fully saturated rings. The largest absolute Gasteiger partial charge is 0.497 e. The number of nitrogens with zero attached hydrogens (tertiary/aromatic N) is 1. The van der Waals surface area contributed by atoms with Crippen molar-refractivity contribution in [2.24, 2.45) is 0 Å².